The predicted octanol–water partition coefficient (Wildman–Crippen LogP) is 1.82. The Hall–Kier alpha value is -3.17. The summed E-state index contributed by atoms with van der Waals surface area (Å²) in [6.45, 7) is 7.79. The average Bonchev–Trinajstić information content (AvgIpc) is 3.08. The van der Waals surface area contributed by atoms with Gasteiger partial charge in [-0.15, -0.1) is 0 Å². The highest BCUT2D eigenvalue weighted by atomic mass is 16.6. The molecule has 0 unspecified atom stereocenters. The fourth-order valence-corrected chi connectivity index (χ4v) is 2.71. The van der Waals surface area contributed by atoms with E-state index in [0.717, 1.165) is 0 Å². The Morgan fingerprint density at radius 2 is 1.82 bits per heavy atom. The molecular weight excluding hydrogens is 366 g/mol. The van der Waals surface area contributed by atoms with E-state index in [9.17, 15) is 9.59 Å². The lowest BCUT2D eigenvalue weighted by Crippen LogP contribution is -2.50. The second-order valence-electron chi connectivity index (χ2n) is 7.48. The van der Waals surface area contributed by atoms with Crippen molar-refractivity contribution in [2.45, 2.75) is 32.8 Å². The highest BCUT2D eigenvalue weighted by Gasteiger charge is 2.26. The number of aliphatic carboxylic acids is 1. The van der Waals surface area contributed by atoms with Crippen molar-refractivity contribution in [3.8, 4) is 11.3 Å². The van der Waals surface area contributed by atoms with E-state index in [0.29, 0.717) is 43.4 Å². The van der Waals surface area contributed by atoms with Gasteiger partial charge in [0.1, 0.15) is 23.5 Å². The van der Waals surface area contributed by atoms with Gasteiger partial charge in [0.2, 0.25) is 5.95 Å². The van der Waals surface area contributed by atoms with Gasteiger partial charge < -0.3 is 24.2 Å². The van der Waals surface area contributed by atoms with Crippen LogP contribution in [0.15, 0.2) is 23.0 Å². The molecule has 1 aliphatic heterocycles. The van der Waals surface area contributed by atoms with E-state index >= 15 is 0 Å². The van der Waals surface area contributed by atoms with Gasteiger partial charge >= 0.3 is 12.1 Å². The lowest BCUT2D eigenvalue weighted by atomic mass is 10.2. The fourth-order valence-electron chi connectivity index (χ4n) is 2.71. The summed E-state index contributed by atoms with van der Waals surface area (Å²) in [6, 6.07) is 1.56. The molecule has 2 aromatic rings. The van der Waals surface area contributed by atoms with Crippen LogP contribution in [-0.4, -0.2) is 69.0 Å². The van der Waals surface area contributed by atoms with E-state index in [4.69, 9.17) is 14.4 Å². The topological polar surface area (TPSA) is 122 Å². The van der Waals surface area contributed by atoms with Gasteiger partial charge in [0, 0.05) is 50.2 Å². The smallest absolute Gasteiger partial charge is 0.410 e. The van der Waals surface area contributed by atoms with Crippen LogP contribution in [0.5, 0.6) is 0 Å². The van der Waals surface area contributed by atoms with Crippen LogP contribution in [0.3, 0.4) is 0 Å². The van der Waals surface area contributed by atoms with E-state index in [1.54, 1.807) is 23.4 Å². The van der Waals surface area contributed by atoms with Crippen molar-refractivity contribution in [3.05, 3.63) is 24.2 Å². The molecule has 0 bridgehead atoms. The maximum absolute atomic E-state index is 12.1. The Bertz CT molecular complexity index is 835. The van der Waals surface area contributed by atoms with Crippen LogP contribution in [0, 0.1) is 0 Å². The van der Waals surface area contributed by atoms with Crippen molar-refractivity contribution in [1.29, 1.82) is 0 Å². The van der Waals surface area contributed by atoms with Gasteiger partial charge in [-0.05, 0) is 20.8 Å². The lowest BCUT2D eigenvalue weighted by molar-refractivity contribution is -0.136. The minimum Gasteiger partial charge on any atom is -0.481 e. The molecule has 0 aliphatic carbocycles. The second kappa shape index (κ2) is 7.83. The average molecular weight is 389 g/mol. The molecule has 1 aliphatic rings. The molecule has 150 valence electrons. The summed E-state index contributed by atoms with van der Waals surface area (Å²) in [5.41, 5.74) is 0.604. The van der Waals surface area contributed by atoms with Crippen molar-refractivity contribution < 1.29 is 24.0 Å². The number of aromatic nitrogens is 3. The number of piperazine rings is 1. The van der Waals surface area contributed by atoms with Crippen LogP contribution >= 0.6 is 0 Å². The molecule has 0 aromatic carbocycles. The highest BCUT2D eigenvalue weighted by molar-refractivity contribution is 5.70. The number of carboxylic acid groups (broad SMARTS) is 1. The lowest BCUT2D eigenvalue weighted by Gasteiger charge is -2.35. The van der Waals surface area contributed by atoms with Gasteiger partial charge in [-0.25, -0.2) is 14.8 Å². The molecule has 2 aromatic heterocycles. The molecular formula is C18H23N5O5. The maximum Gasteiger partial charge on any atom is 0.410 e. The van der Waals surface area contributed by atoms with Gasteiger partial charge in [0.25, 0.3) is 0 Å². The molecule has 0 spiro atoms. The van der Waals surface area contributed by atoms with Gasteiger partial charge in [0.15, 0.2) is 0 Å². The number of carbonyl (C=O) groups is 2. The van der Waals surface area contributed by atoms with Crippen LogP contribution in [0.2, 0.25) is 0 Å². The Balaban J connectivity index is 1.58. The predicted molar refractivity (Wildman–Crippen MR) is 98.9 cm³/mol. The number of hydrogen-bond donors (Lipinski definition) is 1. The van der Waals surface area contributed by atoms with Crippen molar-refractivity contribution in [2.24, 2.45) is 0 Å². The second-order valence-corrected chi connectivity index (χ2v) is 7.48. The highest BCUT2D eigenvalue weighted by Crippen LogP contribution is 2.20. The summed E-state index contributed by atoms with van der Waals surface area (Å²) in [4.78, 5) is 35.2. The molecule has 1 amide bonds. The molecule has 3 heterocycles. The Morgan fingerprint density at radius 1 is 1.18 bits per heavy atom. The Kier molecular flexibility index (Phi) is 5.48. The standard InChI is InChI=1S/C18H23N5O5/c1-18(2,3)27-17(26)23-6-4-22(5-7-23)16-19-10-12(11-20-16)14-8-13(28-21-14)9-15(24)25/h8,10-11H,4-7,9H2,1-3H3,(H,24,25). The normalized spacial score (nSPS) is 14.8. The quantitative estimate of drug-likeness (QED) is 0.834. The summed E-state index contributed by atoms with van der Waals surface area (Å²) in [7, 11) is 0. The zero-order chi connectivity index (χ0) is 20.3. The number of rotatable bonds is 4. The minimum atomic E-state index is -0.986. The number of hydrogen-bond acceptors (Lipinski definition) is 8. The third kappa shape index (κ3) is 4.96. The van der Waals surface area contributed by atoms with E-state index in [2.05, 4.69) is 15.1 Å². The van der Waals surface area contributed by atoms with E-state index < -0.39 is 11.6 Å². The summed E-state index contributed by atoms with van der Waals surface area (Å²) in [5.74, 6) is -0.161. The molecule has 1 fully saturated rings. The van der Waals surface area contributed by atoms with Gasteiger partial charge in [-0.2, -0.15) is 0 Å². The van der Waals surface area contributed by atoms with Crippen LogP contribution in [-0.2, 0) is 16.0 Å². The van der Waals surface area contributed by atoms with E-state index in [1.807, 2.05) is 25.7 Å². The molecule has 0 saturated carbocycles. The first kappa shape index (κ1) is 19.6. The first-order valence-electron chi connectivity index (χ1n) is 8.94. The van der Waals surface area contributed by atoms with Crippen molar-refractivity contribution in [2.75, 3.05) is 31.1 Å². The number of anilines is 1. The summed E-state index contributed by atoms with van der Waals surface area (Å²) in [5, 5.41) is 12.6. The van der Waals surface area contributed by atoms with Crippen LogP contribution in [0.4, 0.5) is 10.7 Å². The number of carboxylic acids is 1. The summed E-state index contributed by atoms with van der Waals surface area (Å²) >= 11 is 0. The number of nitrogens with zero attached hydrogens (tertiary/aromatic N) is 5. The van der Waals surface area contributed by atoms with Crippen molar-refractivity contribution in [1.82, 2.24) is 20.0 Å². The fraction of sp³-hybridized carbons (Fsp3) is 0.500. The molecule has 0 radical (unpaired) electrons. The van der Waals surface area contributed by atoms with Gasteiger partial charge in [-0.3, -0.25) is 4.79 Å². The maximum atomic E-state index is 12.1. The molecule has 0 atom stereocenters. The first-order chi connectivity index (χ1) is 13.2. The van der Waals surface area contributed by atoms with Gasteiger partial charge in [0.05, 0.1) is 0 Å². The Morgan fingerprint density at radius 3 is 2.39 bits per heavy atom. The van der Waals surface area contributed by atoms with Crippen molar-refractivity contribution >= 4 is 18.0 Å². The largest absolute Gasteiger partial charge is 0.481 e. The molecule has 3 rings (SSSR count). The molecule has 28 heavy (non-hydrogen) atoms. The van der Waals surface area contributed by atoms with Crippen molar-refractivity contribution in [3.63, 3.8) is 0 Å². The van der Waals surface area contributed by atoms with E-state index in [-0.39, 0.29) is 18.3 Å². The number of amides is 1. The monoisotopic (exact) mass is 389 g/mol. The van der Waals surface area contributed by atoms with Crippen LogP contribution < -0.4 is 4.90 Å². The SMILES string of the molecule is CC(C)(C)OC(=O)N1CCN(c2ncc(-c3cc(CC(=O)O)on3)cn2)CC1. The van der Waals surface area contributed by atoms with Crippen LogP contribution in [0.1, 0.15) is 26.5 Å². The first-order valence-corrected chi connectivity index (χ1v) is 8.94. The molecule has 1 N–H and O–H groups in total. The summed E-state index contributed by atoms with van der Waals surface area (Å²) in [6.07, 6.45) is 2.69. The Labute approximate surface area is 162 Å². The number of carbonyl (C=O) groups excluding carboxylic acids is 1. The van der Waals surface area contributed by atoms with E-state index in [1.165, 1.54) is 0 Å². The minimum absolute atomic E-state index is 0.228. The number of ether oxygens (including phenoxy) is 1. The third-order valence-electron chi connectivity index (χ3n) is 4.03. The van der Waals surface area contributed by atoms with Gasteiger partial charge in [-0.1, -0.05) is 5.16 Å². The molecule has 10 nitrogen and oxygen atoms in total. The zero-order valence-electron chi connectivity index (χ0n) is 16.1. The summed E-state index contributed by atoms with van der Waals surface area (Å²) < 4.78 is 10.4. The zero-order valence-corrected chi connectivity index (χ0v) is 16.1. The third-order valence-corrected chi connectivity index (χ3v) is 4.03. The molecule has 1 saturated heterocycles. The van der Waals surface area contributed by atoms with Crippen LogP contribution in [0.25, 0.3) is 11.3 Å². The molecule has 10 heteroatoms.